The van der Waals surface area contributed by atoms with Gasteiger partial charge in [0, 0.05) is 25.3 Å². The van der Waals surface area contributed by atoms with Crippen molar-refractivity contribution in [2.75, 3.05) is 25.1 Å². The van der Waals surface area contributed by atoms with Gasteiger partial charge in [0.1, 0.15) is 5.75 Å². The molecule has 1 rings (SSSR count). The molecule has 1 aromatic rings. The molecule has 3 amide bonds. The highest BCUT2D eigenvalue weighted by molar-refractivity contribution is 5.91. The number of amides is 3. The van der Waals surface area contributed by atoms with Crippen LogP contribution in [0, 0.1) is 0 Å². The molecule has 0 saturated heterocycles. The van der Waals surface area contributed by atoms with Crippen molar-refractivity contribution in [3.05, 3.63) is 24.3 Å². The Hall–Kier alpha value is -2.24. The molecule has 6 nitrogen and oxygen atoms in total. The van der Waals surface area contributed by atoms with Crippen LogP contribution in [0.2, 0.25) is 0 Å². The van der Waals surface area contributed by atoms with E-state index in [9.17, 15) is 9.59 Å². The number of hydrogen-bond acceptors (Lipinski definition) is 3. The van der Waals surface area contributed by atoms with Crippen molar-refractivity contribution < 1.29 is 14.3 Å². The van der Waals surface area contributed by atoms with E-state index in [1.165, 1.54) is 4.90 Å². The van der Waals surface area contributed by atoms with Gasteiger partial charge in [-0.25, -0.2) is 4.79 Å². The van der Waals surface area contributed by atoms with E-state index in [1.54, 1.807) is 31.3 Å². The molecule has 2 N–H and O–H groups in total. The van der Waals surface area contributed by atoms with Gasteiger partial charge >= 0.3 is 6.03 Å². The molecule has 0 fully saturated rings. The molecule has 0 radical (unpaired) electrons. The summed E-state index contributed by atoms with van der Waals surface area (Å²) >= 11 is 0. The number of carbonyl (C=O) groups is 2. The van der Waals surface area contributed by atoms with Gasteiger partial charge in [-0.15, -0.1) is 0 Å². The van der Waals surface area contributed by atoms with E-state index in [1.807, 2.05) is 20.8 Å². The van der Waals surface area contributed by atoms with Crippen LogP contribution >= 0.6 is 0 Å². The molecule has 6 heteroatoms. The average Bonchev–Trinajstić information content (AvgIpc) is 2.50. The number of nitrogens with zero attached hydrogens (tertiary/aromatic N) is 1. The van der Waals surface area contributed by atoms with E-state index in [2.05, 4.69) is 10.6 Å². The number of nitrogens with one attached hydrogen (secondary N) is 2. The Balaban J connectivity index is 2.52. The maximum atomic E-state index is 11.9. The molecule has 0 heterocycles. The lowest BCUT2D eigenvalue weighted by atomic mass is 10.3. The van der Waals surface area contributed by atoms with Gasteiger partial charge in [0.25, 0.3) is 5.91 Å². The molecular formula is C16H25N3O3. The average molecular weight is 307 g/mol. The van der Waals surface area contributed by atoms with Crippen molar-refractivity contribution in [1.29, 1.82) is 0 Å². The van der Waals surface area contributed by atoms with E-state index >= 15 is 0 Å². The Bertz CT molecular complexity index is 486. The van der Waals surface area contributed by atoms with E-state index in [0.717, 1.165) is 12.1 Å². The number of anilines is 1. The van der Waals surface area contributed by atoms with Gasteiger partial charge in [0.05, 0.1) is 0 Å². The van der Waals surface area contributed by atoms with Crippen molar-refractivity contribution in [3.63, 3.8) is 0 Å². The fraction of sp³-hybridized carbons (Fsp3) is 0.500. The first-order valence-corrected chi connectivity index (χ1v) is 7.47. The molecular weight excluding hydrogens is 282 g/mol. The van der Waals surface area contributed by atoms with Crippen LogP contribution in [0.15, 0.2) is 24.3 Å². The zero-order chi connectivity index (χ0) is 16.5. The minimum absolute atomic E-state index is 0.0109. The summed E-state index contributed by atoms with van der Waals surface area (Å²) in [6, 6.07) is 6.95. The van der Waals surface area contributed by atoms with Crippen molar-refractivity contribution >= 4 is 17.6 Å². The summed E-state index contributed by atoms with van der Waals surface area (Å²) in [5.41, 5.74) is 0.751. The zero-order valence-corrected chi connectivity index (χ0v) is 13.7. The summed E-state index contributed by atoms with van der Waals surface area (Å²) in [6.45, 7) is 6.45. The standard InChI is InChI=1S/C16H25N3O3/c1-5-10-17-15(20)11-22-14-8-6-13(7-9-14)19(4)16(21)18-12(2)3/h6-9,12H,5,10-11H2,1-4H3,(H,17,20)(H,18,21). The van der Waals surface area contributed by atoms with Crippen LogP contribution in [0.4, 0.5) is 10.5 Å². The number of carbonyl (C=O) groups excluding carboxylic acids is 2. The highest BCUT2D eigenvalue weighted by Crippen LogP contribution is 2.18. The normalized spacial score (nSPS) is 10.2. The third-order valence-corrected chi connectivity index (χ3v) is 2.88. The second-order valence-electron chi connectivity index (χ2n) is 5.30. The van der Waals surface area contributed by atoms with Crippen LogP contribution in [-0.4, -0.2) is 38.2 Å². The maximum absolute atomic E-state index is 11.9. The first-order valence-electron chi connectivity index (χ1n) is 7.47. The van der Waals surface area contributed by atoms with E-state index in [-0.39, 0.29) is 24.6 Å². The molecule has 122 valence electrons. The van der Waals surface area contributed by atoms with Crippen LogP contribution in [0.25, 0.3) is 0 Å². The SMILES string of the molecule is CCCNC(=O)COc1ccc(N(C)C(=O)NC(C)C)cc1. The monoisotopic (exact) mass is 307 g/mol. The molecule has 0 unspecified atom stereocenters. The second kappa shape index (κ2) is 8.92. The maximum Gasteiger partial charge on any atom is 0.321 e. The molecule has 0 spiro atoms. The summed E-state index contributed by atoms with van der Waals surface area (Å²) in [7, 11) is 1.70. The Morgan fingerprint density at radius 2 is 1.86 bits per heavy atom. The summed E-state index contributed by atoms with van der Waals surface area (Å²) < 4.78 is 5.39. The van der Waals surface area contributed by atoms with Crippen LogP contribution < -0.4 is 20.3 Å². The van der Waals surface area contributed by atoms with Crippen LogP contribution in [0.5, 0.6) is 5.75 Å². The summed E-state index contributed by atoms with van der Waals surface area (Å²) in [6.07, 6.45) is 0.894. The fourth-order valence-corrected chi connectivity index (χ4v) is 1.69. The van der Waals surface area contributed by atoms with Gasteiger partial charge in [-0.05, 0) is 44.5 Å². The third kappa shape index (κ3) is 6.03. The Morgan fingerprint density at radius 3 is 2.41 bits per heavy atom. The third-order valence-electron chi connectivity index (χ3n) is 2.88. The van der Waals surface area contributed by atoms with Crippen molar-refractivity contribution in [2.24, 2.45) is 0 Å². The van der Waals surface area contributed by atoms with Crippen molar-refractivity contribution in [1.82, 2.24) is 10.6 Å². The Labute approximate surface area is 131 Å². The van der Waals surface area contributed by atoms with Gasteiger partial charge in [-0.1, -0.05) is 6.92 Å². The predicted octanol–water partition coefficient (Wildman–Crippen LogP) is 2.15. The first kappa shape index (κ1) is 17.8. The minimum Gasteiger partial charge on any atom is -0.484 e. The van der Waals surface area contributed by atoms with Gasteiger partial charge in [-0.3, -0.25) is 9.69 Å². The van der Waals surface area contributed by atoms with Gasteiger partial charge in [-0.2, -0.15) is 0 Å². The highest BCUT2D eigenvalue weighted by atomic mass is 16.5. The summed E-state index contributed by atoms with van der Waals surface area (Å²) in [5, 5.41) is 5.56. The number of hydrogen-bond donors (Lipinski definition) is 2. The van der Waals surface area contributed by atoms with Crippen LogP contribution in [0.3, 0.4) is 0 Å². The number of benzene rings is 1. The summed E-state index contributed by atoms with van der Waals surface area (Å²) in [4.78, 5) is 24.9. The van der Waals surface area contributed by atoms with E-state index < -0.39 is 0 Å². The molecule has 22 heavy (non-hydrogen) atoms. The lowest BCUT2D eigenvalue weighted by Crippen LogP contribution is -2.40. The van der Waals surface area contributed by atoms with E-state index in [0.29, 0.717) is 12.3 Å². The molecule has 1 aromatic carbocycles. The lowest BCUT2D eigenvalue weighted by Gasteiger charge is -2.20. The molecule has 0 aromatic heterocycles. The van der Waals surface area contributed by atoms with Crippen molar-refractivity contribution in [3.8, 4) is 5.75 Å². The summed E-state index contributed by atoms with van der Waals surface area (Å²) in [5.74, 6) is 0.451. The molecule has 0 aliphatic heterocycles. The van der Waals surface area contributed by atoms with Crippen LogP contribution in [0.1, 0.15) is 27.2 Å². The van der Waals surface area contributed by atoms with E-state index in [4.69, 9.17) is 4.74 Å². The highest BCUT2D eigenvalue weighted by Gasteiger charge is 2.11. The quantitative estimate of drug-likeness (QED) is 0.811. The number of rotatable bonds is 7. The predicted molar refractivity (Wildman–Crippen MR) is 87.3 cm³/mol. The Morgan fingerprint density at radius 1 is 1.23 bits per heavy atom. The largest absolute Gasteiger partial charge is 0.484 e. The fourth-order valence-electron chi connectivity index (χ4n) is 1.69. The second-order valence-corrected chi connectivity index (χ2v) is 5.30. The first-order chi connectivity index (χ1) is 10.4. The van der Waals surface area contributed by atoms with Gasteiger partial charge in [0.2, 0.25) is 0 Å². The molecule has 0 atom stereocenters. The smallest absolute Gasteiger partial charge is 0.321 e. The number of urea groups is 1. The Kier molecular flexibility index (Phi) is 7.22. The van der Waals surface area contributed by atoms with Gasteiger partial charge < -0.3 is 15.4 Å². The van der Waals surface area contributed by atoms with Crippen LogP contribution in [-0.2, 0) is 4.79 Å². The molecule has 0 bridgehead atoms. The molecule has 0 aliphatic carbocycles. The topological polar surface area (TPSA) is 70.7 Å². The minimum atomic E-state index is -0.164. The molecule has 0 aliphatic rings. The number of ether oxygens (including phenoxy) is 1. The lowest BCUT2D eigenvalue weighted by molar-refractivity contribution is -0.123. The zero-order valence-electron chi connectivity index (χ0n) is 13.7. The van der Waals surface area contributed by atoms with Gasteiger partial charge in [0.15, 0.2) is 6.61 Å². The van der Waals surface area contributed by atoms with Crippen molar-refractivity contribution in [2.45, 2.75) is 33.2 Å². The molecule has 0 saturated carbocycles.